The fourth-order valence-electron chi connectivity index (χ4n) is 4.06. The molecule has 140 valence electrons. The first-order valence-electron chi connectivity index (χ1n) is 9.80. The molecule has 4 nitrogen and oxygen atoms in total. The molecule has 0 saturated heterocycles. The van der Waals surface area contributed by atoms with Gasteiger partial charge in [-0.25, -0.2) is 4.79 Å². The van der Waals surface area contributed by atoms with Crippen LogP contribution in [0.15, 0.2) is 59.4 Å². The number of benzene rings is 2. The van der Waals surface area contributed by atoms with Crippen LogP contribution in [0, 0.1) is 6.92 Å². The predicted molar refractivity (Wildman–Crippen MR) is 108 cm³/mol. The van der Waals surface area contributed by atoms with Crippen LogP contribution >= 0.6 is 0 Å². The zero-order valence-corrected chi connectivity index (χ0v) is 15.8. The molecular weight excluding hydrogens is 336 g/mol. The van der Waals surface area contributed by atoms with Gasteiger partial charge in [0.1, 0.15) is 12.4 Å². The van der Waals surface area contributed by atoms with E-state index in [2.05, 4.69) is 29.2 Å². The highest BCUT2D eigenvalue weighted by atomic mass is 16.5. The Balaban J connectivity index is 1.56. The number of H-pyrrole nitrogens is 1. The van der Waals surface area contributed by atoms with Crippen molar-refractivity contribution in [1.82, 2.24) is 9.55 Å². The summed E-state index contributed by atoms with van der Waals surface area (Å²) in [6.45, 7) is 2.53. The lowest BCUT2D eigenvalue weighted by molar-refractivity contribution is 0.306. The van der Waals surface area contributed by atoms with Crippen molar-refractivity contribution < 1.29 is 4.74 Å². The number of aromatic nitrogens is 2. The van der Waals surface area contributed by atoms with E-state index < -0.39 is 0 Å². The average Bonchev–Trinajstić information content (AvgIpc) is 3.02. The molecule has 1 heterocycles. The molecule has 0 radical (unpaired) electrons. The third-order valence-corrected chi connectivity index (χ3v) is 5.43. The van der Waals surface area contributed by atoms with Crippen molar-refractivity contribution in [2.75, 3.05) is 0 Å². The van der Waals surface area contributed by atoms with Crippen LogP contribution in [-0.2, 0) is 6.61 Å². The second-order valence-electron chi connectivity index (χ2n) is 7.36. The van der Waals surface area contributed by atoms with Gasteiger partial charge in [-0.3, -0.25) is 4.57 Å². The van der Waals surface area contributed by atoms with E-state index in [0.717, 1.165) is 41.1 Å². The smallest absolute Gasteiger partial charge is 0.326 e. The van der Waals surface area contributed by atoms with Crippen molar-refractivity contribution in [3.63, 3.8) is 0 Å². The van der Waals surface area contributed by atoms with E-state index in [0.29, 0.717) is 12.6 Å². The SMILES string of the molecule is Cc1[nH]c(=O)n(C2CCCCC2)c1-c1ccc(OCc2ccccc2)cc1. The third kappa shape index (κ3) is 3.85. The topological polar surface area (TPSA) is 47.0 Å². The molecule has 1 aliphatic carbocycles. The maximum Gasteiger partial charge on any atom is 0.326 e. The Morgan fingerprint density at radius 3 is 2.41 bits per heavy atom. The predicted octanol–water partition coefficient (Wildman–Crippen LogP) is 5.24. The van der Waals surface area contributed by atoms with Crippen LogP contribution in [0.3, 0.4) is 0 Å². The summed E-state index contributed by atoms with van der Waals surface area (Å²) in [4.78, 5) is 15.6. The van der Waals surface area contributed by atoms with Crippen LogP contribution in [0.1, 0.15) is 49.4 Å². The van der Waals surface area contributed by atoms with E-state index in [4.69, 9.17) is 4.74 Å². The fraction of sp³-hybridized carbons (Fsp3) is 0.348. The first-order chi connectivity index (χ1) is 13.2. The molecule has 0 unspecified atom stereocenters. The van der Waals surface area contributed by atoms with Gasteiger partial charge in [0.15, 0.2) is 0 Å². The number of aromatic amines is 1. The Labute approximate surface area is 159 Å². The van der Waals surface area contributed by atoms with Gasteiger partial charge >= 0.3 is 5.69 Å². The maximum atomic E-state index is 12.5. The van der Waals surface area contributed by atoms with Crippen molar-refractivity contribution >= 4 is 0 Å². The van der Waals surface area contributed by atoms with Gasteiger partial charge in [-0.05, 0) is 49.6 Å². The largest absolute Gasteiger partial charge is 0.489 e. The molecule has 1 fully saturated rings. The minimum absolute atomic E-state index is 0.0128. The Morgan fingerprint density at radius 2 is 1.70 bits per heavy atom. The molecule has 1 aliphatic rings. The number of imidazole rings is 1. The van der Waals surface area contributed by atoms with E-state index >= 15 is 0 Å². The van der Waals surface area contributed by atoms with Crippen molar-refractivity contribution in [2.45, 2.75) is 51.7 Å². The molecule has 1 saturated carbocycles. The van der Waals surface area contributed by atoms with Crippen LogP contribution in [0.2, 0.25) is 0 Å². The molecule has 2 aromatic carbocycles. The van der Waals surface area contributed by atoms with E-state index in [1.807, 2.05) is 41.8 Å². The van der Waals surface area contributed by atoms with E-state index in [1.54, 1.807) is 0 Å². The van der Waals surface area contributed by atoms with E-state index in [1.165, 1.54) is 19.3 Å². The number of hydrogen-bond donors (Lipinski definition) is 1. The normalized spacial score (nSPS) is 15.0. The van der Waals surface area contributed by atoms with Gasteiger partial charge in [-0.15, -0.1) is 0 Å². The molecule has 0 bridgehead atoms. The number of nitrogens with one attached hydrogen (secondary N) is 1. The standard InChI is InChI=1S/C23H26N2O2/c1-17-22(25(23(26)24-17)20-10-6-3-7-11-20)19-12-14-21(15-13-19)27-16-18-8-4-2-5-9-18/h2,4-5,8-9,12-15,20H,3,6-7,10-11,16H2,1H3,(H,24,26). The van der Waals surface area contributed by atoms with Gasteiger partial charge in [0.25, 0.3) is 0 Å². The van der Waals surface area contributed by atoms with Crippen molar-refractivity contribution in [3.05, 3.63) is 76.3 Å². The minimum atomic E-state index is 0.0128. The second kappa shape index (κ2) is 7.87. The number of rotatable bonds is 5. The Kier molecular flexibility index (Phi) is 5.14. The third-order valence-electron chi connectivity index (χ3n) is 5.43. The number of hydrogen-bond acceptors (Lipinski definition) is 2. The summed E-state index contributed by atoms with van der Waals surface area (Å²) in [5.41, 5.74) is 4.17. The van der Waals surface area contributed by atoms with Crippen LogP contribution in [0.25, 0.3) is 11.3 Å². The zero-order valence-electron chi connectivity index (χ0n) is 15.8. The summed E-state index contributed by atoms with van der Waals surface area (Å²) < 4.78 is 7.87. The Bertz CT molecular complexity index is 933. The summed E-state index contributed by atoms with van der Waals surface area (Å²) in [5.74, 6) is 0.836. The van der Waals surface area contributed by atoms with Crippen LogP contribution in [0.4, 0.5) is 0 Å². The van der Waals surface area contributed by atoms with Gasteiger partial charge in [-0.2, -0.15) is 0 Å². The van der Waals surface area contributed by atoms with Gasteiger partial charge < -0.3 is 9.72 Å². The van der Waals surface area contributed by atoms with Gasteiger partial charge in [0.05, 0.1) is 5.69 Å². The summed E-state index contributed by atoms with van der Waals surface area (Å²) in [7, 11) is 0. The number of nitrogens with zero attached hydrogens (tertiary/aromatic N) is 1. The molecular formula is C23H26N2O2. The fourth-order valence-corrected chi connectivity index (χ4v) is 4.06. The Morgan fingerprint density at radius 1 is 1.00 bits per heavy atom. The Hall–Kier alpha value is -2.75. The number of ether oxygens (including phenoxy) is 1. The van der Waals surface area contributed by atoms with Crippen molar-refractivity contribution in [2.24, 2.45) is 0 Å². The second-order valence-corrected chi connectivity index (χ2v) is 7.36. The molecule has 27 heavy (non-hydrogen) atoms. The molecule has 0 spiro atoms. The van der Waals surface area contributed by atoms with Crippen LogP contribution in [-0.4, -0.2) is 9.55 Å². The first-order valence-corrected chi connectivity index (χ1v) is 9.80. The van der Waals surface area contributed by atoms with Gasteiger partial charge in [-0.1, -0.05) is 49.6 Å². The monoisotopic (exact) mass is 362 g/mol. The van der Waals surface area contributed by atoms with Gasteiger partial charge in [0, 0.05) is 17.3 Å². The lowest BCUT2D eigenvalue weighted by Gasteiger charge is -2.24. The number of aryl methyl sites for hydroxylation is 1. The maximum absolute atomic E-state index is 12.5. The molecule has 0 atom stereocenters. The minimum Gasteiger partial charge on any atom is -0.489 e. The molecule has 4 heteroatoms. The van der Waals surface area contributed by atoms with Crippen molar-refractivity contribution in [3.8, 4) is 17.0 Å². The zero-order chi connectivity index (χ0) is 18.6. The van der Waals surface area contributed by atoms with Gasteiger partial charge in [0.2, 0.25) is 0 Å². The lowest BCUT2D eigenvalue weighted by atomic mass is 9.94. The van der Waals surface area contributed by atoms with E-state index in [-0.39, 0.29) is 5.69 Å². The molecule has 4 rings (SSSR count). The highest BCUT2D eigenvalue weighted by molar-refractivity contribution is 5.63. The molecule has 1 N–H and O–H groups in total. The molecule has 3 aromatic rings. The summed E-state index contributed by atoms with van der Waals surface area (Å²) >= 11 is 0. The highest BCUT2D eigenvalue weighted by Crippen LogP contribution is 2.33. The summed E-state index contributed by atoms with van der Waals surface area (Å²) in [6, 6.07) is 18.5. The summed E-state index contributed by atoms with van der Waals surface area (Å²) in [6.07, 6.45) is 5.85. The quantitative estimate of drug-likeness (QED) is 0.675. The van der Waals surface area contributed by atoms with Crippen LogP contribution in [0.5, 0.6) is 5.75 Å². The van der Waals surface area contributed by atoms with Crippen molar-refractivity contribution in [1.29, 1.82) is 0 Å². The van der Waals surface area contributed by atoms with E-state index in [9.17, 15) is 4.79 Å². The molecule has 0 aliphatic heterocycles. The first kappa shape index (κ1) is 17.7. The molecule has 1 aromatic heterocycles. The highest BCUT2D eigenvalue weighted by Gasteiger charge is 2.22. The average molecular weight is 362 g/mol. The lowest BCUT2D eigenvalue weighted by Crippen LogP contribution is -2.24. The molecule has 0 amide bonds. The summed E-state index contributed by atoms with van der Waals surface area (Å²) in [5, 5.41) is 0. The van der Waals surface area contributed by atoms with Crippen LogP contribution < -0.4 is 10.4 Å².